The average Bonchev–Trinajstić information content (AvgIpc) is 2.39. The predicted octanol–water partition coefficient (Wildman–Crippen LogP) is 0.336. The smallest absolute Gasteiger partial charge is 0.318 e. The molecule has 7 heteroatoms. The van der Waals surface area contributed by atoms with Gasteiger partial charge in [-0.2, -0.15) is 4.98 Å². The number of aromatic nitrogens is 2. The van der Waals surface area contributed by atoms with Gasteiger partial charge in [0.15, 0.2) is 5.82 Å². The van der Waals surface area contributed by atoms with Crippen molar-refractivity contribution >= 4 is 17.4 Å². The Bertz CT molecular complexity index is 391. The van der Waals surface area contributed by atoms with E-state index in [1.165, 1.54) is 13.3 Å². The van der Waals surface area contributed by atoms with Gasteiger partial charge in [0, 0.05) is 6.54 Å². The summed E-state index contributed by atoms with van der Waals surface area (Å²) in [5.74, 6) is 0.570. The van der Waals surface area contributed by atoms with Crippen molar-refractivity contribution in [3.63, 3.8) is 0 Å². The first-order valence-corrected chi connectivity index (χ1v) is 5.66. The highest BCUT2D eigenvalue weighted by atomic mass is 35.5. The number of methoxy groups -OCH3 is 1. The van der Waals surface area contributed by atoms with Crippen LogP contribution in [0.1, 0.15) is 0 Å². The number of aliphatic hydroxyl groups excluding tert-OH is 1. The van der Waals surface area contributed by atoms with Gasteiger partial charge in [-0.3, -0.25) is 0 Å². The molecule has 1 N–H and O–H groups in total. The lowest BCUT2D eigenvalue weighted by Gasteiger charge is -2.35. The van der Waals surface area contributed by atoms with E-state index in [4.69, 9.17) is 21.1 Å². The van der Waals surface area contributed by atoms with Crippen LogP contribution in [0.2, 0.25) is 5.02 Å². The molecular formula is C10H14ClN3O3. The molecule has 1 unspecified atom stereocenters. The Hall–Kier alpha value is -1.11. The van der Waals surface area contributed by atoms with Crippen molar-refractivity contribution in [3.8, 4) is 6.01 Å². The zero-order valence-electron chi connectivity index (χ0n) is 9.47. The third kappa shape index (κ3) is 2.59. The maximum absolute atomic E-state index is 9.30. The van der Waals surface area contributed by atoms with Gasteiger partial charge in [-0.1, -0.05) is 11.6 Å². The van der Waals surface area contributed by atoms with Crippen LogP contribution in [0.15, 0.2) is 6.20 Å². The number of aliphatic hydroxyl groups is 1. The van der Waals surface area contributed by atoms with E-state index in [1.807, 2.05) is 4.90 Å². The van der Waals surface area contributed by atoms with Gasteiger partial charge >= 0.3 is 6.01 Å². The quantitative estimate of drug-likeness (QED) is 0.844. The molecule has 1 aliphatic rings. The van der Waals surface area contributed by atoms with Crippen molar-refractivity contribution in [3.05, 3.63) is 11.2 Å². The van der Waals surface area contributed by atoms with E-state index in [0.29, 0.717) is 30.6 Å². The molecule has 0 aliphatic carbocycles. The summed E-state index contributed by atoms with van der Waals surface area (Å²) in [5.41, 5.74) is 0. The minimum Gasteiger partial charge on any atom is -0.467 e. The highest BCUT2D eigenvalue weighted by molar-refractivity contribution is 6.32. The molecule has 94 valence electrons. The molecule has 0 amide bonds. The molecule has 1 saturated heterocycles. The fourth-order valence-corrected chi connectivity index (χ4v) is 1.93. The predicted molar refractivity (Wildman–Crippen MR) is 62.6 cm³/mol. The first kappa shape index (κ1) is 12.3. The molecule has 1 aromatic heterocycles. The average molecular weight is 260 g/mol. The van der Waals surface area contributed by atoms with Crippen molar-refractivity contribution in [1.29, 1.82) is 0 Å². The molecule has 1 atom stereocenters. The van der Waals surface area contributed by atoms with Crippen LogP contribution >= 0.6 is 11.6 Å². The zero-order valence-corrected chi connectivity index (χ0v) is 10.2. The maximum atomic E-state index is 9.30. The van der Waals surface area contributed by atoms with Crippen LogP contribution in [0.5, 0.6) is 6.01 Å². The van der Waals surface area contributed by atoms with Gasteiger partial charge in [0.1, 0.15) is 5.02 Å². The Balaban J connectivity index is 2.30. The van der Waals surface area contributed by atoms with Crippen molar-refractivity contribution in [2.45, 2.75) is 6.04 Å². The molecule has 2 heterocycles. The van der Waals surface area contributed by atoms with E-state index in [-0.39, 0.29) is 18.7 Å². The van der Waals surface area contributed by atoms with E-state index in [9.17, 15) is 5.11 Å². The fraction of sp³-hybridized carbons (Fsp3) is 0.600. The van der Waals surface area contributed by atoms with Crippen LogP contribution in [-0.2, 0) is 4.74 Å². The Labute approximate surface area is 104 Å². The summed E-state index contributed by atoms with van der Waals surface area (Å²) in [5, 5.41) is 9.74. The lowest BCUT2D eigenvalue weighted by atomic mass is 10.2. The maximum Gasteiger partial charge on any atom is 0.318 e. The van der Waals surface area contributed by atoms with E-state index in [2.05, 4.69) is 9.97 Å². The summed E-state index contributed by atoms with van der Waals surface area (Å²) >= 11 is 6.06. The second-order valence-electron chi connectivity index (χ2n) is 3.63. The van der Waals surface area contributed by atoms with Crippen LogP contribution in [0.25, 0.3) is 0 Å². The molecule has 0 spiro atoms. The number of hydrogen-bond donors (Lipinski definition) is 1. The summed E-state index contributed by atoms with van der Waals surface area (Å²) in [6.45, 7) is 1.66. The van der Waals surface area contributed by atoms with Gasteiger partial charge in [0.25, 0.3) is 0 Å². The topological polar surface area (TPSA) is 67.7 Å². The lowest BCUT2D eigenvalue weighted by molar-refractivity contribution is 0.0722. The molecule has 0 aromatic carbocycles. The first-order chi connectivity index (χ1) is 8.26. The van der Waals surface area contributed by atoms with Gasteiger partial charge in [-0.25, -0.2) is 4.98 Å². The molecule has 0 saturated carbocycles. The van der Waals surface area contributed by atoms with Gasteiger partial charge in [0.2, 0.25) is 0 Å². The van der Waals surface area contributed by atoms with E-state index >= 15 is 0 Å². The van der Waals surface area contributed by atoms with Gasteiger partial charge < -0.3 is 19.5 Å². The molecule has 0 bridgehead atoms. The van der Waals surface area contributed by atoms with Gasteiger partial charge in [0.05, 0.1) is 39.2 Å². The molecule has 1 fully saturated rings. The number of halogens is 1. The van der Waals surface area contributed by atoms with Crippen LogP contribution < -0.4 is 9.64 Å². The number of hydrogen-bond acceptors (Lipinski definition) is 6. The molecule has 6 nitrogen and oxygen atoms in total. The largest absolute Gasteiger partial charge is 0.467 e. The molecule has 2 rings (SSSR count). The van der Waals surface area contributed by atoms with Crippen molar-refractivity contribution in [2.24, 2.45) is 0 Å². The number of nitrogens with zero attached hydrogens (tertiary/aromatic N) is 3. The second kappa shape index (κ2) is 5.48. The number of rotatable bonds is 3. The third-order valence-electron chi connectivity index (χ3n) is 2.60. The van der Waals surface area contributed by atoms with E-state index in [0.717, 1.165) is 0 Å². The summed E-state index contributed by atoms with van der Waals surface area (Å²) in [7, 11) is 1.50. The molecule has 1 aromatic rings. The van der Waals surface area contributed by atoms with Gasteiger partial charge in [-0.15, -0.1) is 0 Å². The second-order valence-corrected chi connectivity index (χ2v) is 4.04. The highest BCUT2D eigenvalue weighted by Crippen LogP contribution is 2.27. The fourth-order valence-electron chi connectivity index (χ4n) is 1.73. The zero-order chi connectivity index (χ0) is 12.3. The molecule has 1 aliphatic heterocycles. The summed E-state index contributed by atoms with van der Waals surface area (Å²) in [6.07, 6.45) is 1.49. The van der Waals surface area contributed by atoms with Crippen molar-refractivity contribution < 1.29 is 14.6 Å². The van der Waals surface area contributed by atoms with E-state index in [1.54, 1.807) is 0 Å². The Kier molecular flexibility index (Phi) is 3.98. The monoisotopic (exact) mass is 259 g/mol. The van der Waals surface area contributed by atoms with Crippen LogP contribution in [-0.4, -0.2) is 54.6 Å². The highest BCUT2D eigenvalue weighted by Gasteiger charge is 2.25. The van der Waals surface area contributed by atoms with Crippen LogP contribution in [0.4, 0.5) is 5.82 Å². The van der Waals surface area contributed by atoms with Gasteiger partial charge in [-0.05, 0) is 0 Å². The molecule has 17 heavy (non-hydrogen) atoms. The minimum absolute atomic E-state index is 0.0113. The standard InChI is InChI=1S/C10H14ClN3O3/c1-16-10-12-4-8(11)9(13-10)14-2-3-17-6-7(14)5-15/h4,7,15H,2-3,5-6H2,1H3. The third-order valence-corrected chi connectivity index (χ3v) is 2.86. The number of morpholine rings is 1. The van der Waals surface area contributed by atoms with Crippen LogP contribution in [0, 0.1) is 0 Å². The Morgan fingerprint density at radius 1 is 1.71 bits per heavy atom. The first-order valence-electron chi connectivity index (χ1n) is 5.28. The summed E-state index contributed by atoms with van der Waals surface area (Å²) < 4.78 is 10.3. The Morgan fingerprint density at radius 3 is 3.24 bits per heavy atom. The number of ether oxygens (including phenoxy) is 2. The van der Waals surface area contributed by atoms with Crippen molar-refractivity contribution in [1.82, 2.24) is 9.97 Å². The Morgan fingerprint density at radius 2 is 2.53 bits per heavy atom. The molecule has 0 radical (unpaired) electrons. The summed E-state index contributed by atoms with van der Waals surface area (Å²) in [6, 6.07) is 0.119. The summed E-state index contributed by atoms with van der Waals surface area (Å²) in [4.78, 5) is 10.0. The SMILES string of the molecule is COc1ncc(Cl)c(N2CCOCC2CO)n1. The molecular weight excluding hydrogens is 246 g/mol. The normalized spacial score (nSPS) is 20.4. The lowest BCUT2D eigenvalue weighted by Crippen LogP contribution is -2.48. The van der Waals surface area contributed by atoms with E-state index < -0.39 is 0 Å². The minimum atomic E-state index is -0.138. The van der Waals surface area contributed by atoms with Crippen molar-refractivity contribution in [2.75, 3.05) is 38.4 Å². The number of anilines is 1. The van der Waals surface area contributed by atoms with Crippen LogP contribution in [0.3, 0.4) is 0 Å².